The van der Waals surface area contributed by atoms with Crippen LogP contribution in [0, 0.1) is 0 Å². The summed E-state index contributed by atoms with van der Waals surface area (Å²) in [5.41, 5.74) is 2.78. The molecule has 0 spiro atoms. The lowest BCUT2D eigenvalue weighted by molar-refractivity contribution is -0.163. The van der Waals surface area contributed by atoms with Crippen molar-refractivity contribution in [2.75, 3.05) is 13.2 Å². The molecule has 2 atom stereocenters. The summed E-state index contributed by atoms with van der Waals surface area (Å²) < 4.78 is 15.4. The van der Waals surface area contributed by atoms with E-state index in [1.807, 2.05) is 27.6 Å². The number of aromatic nitrogens is 4. The number of fused-ring (bicyclic) bond motifs is 3. The highest BCUT2D eigenvalue weighted by molar-refractivity contribution is 6.01. The van der Waals surface area contributed by atoms with E-state index in [0.717, 1.165) is 67.2 Å². The smallest absolute Gasteiger partial charge is 0.329 e. The monoisotopic (exact) mass is 414 g/mol. The summed E-state index contributed by atoms with van der Waals surface area (Å²) >= 11 is 0. The molecule has 3 aromatic heterocycles. The molecule has 0 radical (unpaired) electrons. The quantitative estimate of drug-likeness (QED) is 0.486. The predicted molar refractivity (Wildman–Crippen MR) is 119 cm³/mol. The van der Waals surface area contributed by atoms with E-state index in [2.05, 4.69) is 23.8 Å². The van der Waals surface area contributed by atoms with Crippen LogP contribution in [0.1, 0.15) is 71.3 Å². The molecule has 0 aliphatic carbocycles. The van der Waals surface area contributed by atoms with Gasteiger partial charge in [-0.15, -0.1) is 0 Å². The van der Waals surface area contributed by atoms with Crippen LogP contribution < -0.4 is 5.69 Å². The van der Waals surface area contributed by atoms with Crippen LogP contribution in [-0.4, -0.2) is 38.6 Å². The van der Waals surface area contributed by atoms with Crippen molar-refractivity contribution in [1.82, 2.24) is 19.1 Å². The van der Waals surface area contributed by atoms with Crippen LogP contribution in [0.2, 0.25) is 0 Å². The highest BCUT2D eigenvalue weighted by Gasteiger charge is 2.21. The van der Waals surface area contributed by atoms with E-state index in [0.29, 0.717) is 13.2 Å². The number of aromatic amines is 1. The van der Waals surface area contributed by atoms with Crippen molar-refractivity contribution >= 4 is 22.1 Å². The van der Waals surface area contributed by atoms with Crippen LogP contribution in [0.5, 0.6) is 0 Å². The van der Waals surface area contributed by atoms with Gasteiger partial charge >= 0.3 is 5.69 Å². The Bertz CT molecular complexity index is 1010. The van der Waals surface area contributed by atoms with Gasteiger partial charge in [-0.3, -0.25) is 9.13 Å². The molecule has 4 heterocycles. The first-order chi connectivity index (χ1) is 14.7. The Balaban J connectivity index is 1.57. The number of imidazole rings is 1. The zero-order chi connectivity index (χ0) is 20.9. The molecular weight excluding hydrogens is 380 g/mol. The summed E-state index contributed by atoms with van der Waals surface area (Å²) in [6, 6.07) is 2.17. The number of unbranched alkanes of at least 4 members (excludes halogenated alkanes) is 2. The molecule has 0 bridgehead atoms. The van der Waals surface area contributed by atoms with Crippen molar-refractivity contribution in [1.29, 1.82) is 0 Å². The molecule has 4 rings (SSSR count). The van der Waals surface area contributed by atoms with Crippen molar-refractivity contribution in [2.24, 2.45) is 0 Å². The molecule has 7 heteroatoms. The van der Waals surface area contributed by atoms with Crippen LogP contribution in [0.25, 0.3) is 22.1 Å². The van der Waals surface area contributed by atoms with Crippen molar-refractivity contribution in [3.05, 3.63) is 28.9 Å². The van der Waals surface area contributed by atoms with Gasteiger partial charge in [-0.05, 0) is 45.1 Å². The van der Waals surface area contributed by atoms with E-state index < -0.39 is 0 Å². The van der Waals surface area contributed by atoms with Gasteiger partial charge in [-0.2, -0.15) is 0 Å². The second-order valence-corrected chi connectivity index (χ2v) is 8.40. The largest absolute Gasteiger partial charge is 0.353 e. The fraction of sp³-hybridized carbons (Fsp3) is 0.652. The minimum atomic E-state index is -0.0865. The zero-order valence-corrected chi connectivity index (χ0v) is 18.2. The third-order valence-electron chi connectivity index (χ3n) is 6.14. The van der Waals surface area contributed by atoms with Crippen molar-refractivity contribution in [3.8, 4) is 0 Å². The van der Waals surface area contributed by atoms with Gasteiger partial charge < -0.3 is 14.5 Å². The van der Waals surface area contributed by atoms with Gasteiger partial charge in [0.1, 0.15) is 5.65 Å². The van der Waals surface area contributed by atoms with Crippen LogP contribution in [-0.2, 0) is 16.0 Å². The Morgan fingerprint density at radius 2 is 2.23 bits per heavy atom. The molecule has 1 saturated heterocycles. The molecule has 1 aliphatic heterocycles. The molecule has 0 amide bonds. The van der Waals surface area contributed by atoms with Gasteiger partial charge in [0, 0.05) is 30.8 Å². The Kier molecular flexibility index (Phi) is 6.89. The molecule has 164 valence electrons. The number of H-pyrrole nitrogens is 1. The highest BCUT2D eigenvalue weighted by atomic mass is 16.7. The average Bonchev–Trinajstić information content (AvgIpc) is 3.34. The number of hydrogen-bond donors (Lipinski definition) is 1. The molecule has 1 fully saturated rings. The number of nitrogens with one attached hydrogen (secondary N) is 1. The summed E-state index contributed by atoms with van der Waals surface area (Å²) in [7, 11) is 0. The fourth-order valence-corrected chi connectivity index (χ4v) is 4.49. The maximum atomic E-state index is 13.4. The lowest BCUT2D eigenvalue weighted by atomic mass is 10.1. The summed E-state index contributed by atoms with van der Waals surface area (Å²) in [6.07, 6.45) is 12.2. The molecule has 30 heavy (non-hydrogen) atoms. The number of rotatable bonds is 10. The SMILES string of the molecule is CCCCC[C@H](C)n1c(=O)n(CCCOC2CCCCO2)c2cnc3[nH]ccc3c21. The summed E-state index contributed by atoms with van der Waals surface area (Å²) in [5, 5.41) is 1.01. The molecule has 1 N–H and O–H groups in total. The number of nitrogens with zero attached hydrogens (tertiary/aromatic N) is 3. The summed E-state index contributed by atoms with van der Waals surface area (Å²) in [6.45, 7) is 6.36. The molecule has 0 saturated carbocycles. The molecule has 0 aromatic carbocycles. The third-order valence-corrected chi connectivity index (χ3v) is 6.14. The van der Waals surface area contributed by atoms with Gasteiger partial charge in [0.05, 0.1) is 23.8 Å². The van der Waals surface area contributed by atoms with E-state index in [4.69, 9.17) is 9.47 Å². The lowest BCUT2D eigenvalue weighted by Gasteiger charge is -2.22. The van der Waals surface area contributed by atoms with Gasteiger partial charge in [-0.25, -0.2) is 9.78 Å². The van der Waals surface area contributed by atoms with E-state index >= 15 is 0 Å². The fourth-order valence-electron chi connectivity index (χ4n) is 4.49. The van der Waals surface area contributed by atoms with Crippen LogP contribution in [0.15, 0.2) is 23.3 Å². The Morgan fingerprint density at radius 1 is 1.33 bits per heavy atom. The van der Waals surface area contributed by atoms with Gasteiger partial charge in [0.15, 0.2) is 6.29 Å². The Hall–Kier alpha value is -2.12. The van der Waals surface area contributed by atoms with Crippen LogP contribution in [0.4, 0.5) is 0 Å². The van der Waals surface area contributed by atoms with Gasteiger partial charge in [0.25, 0.3) is 0 Å². The highest BCUT2D eigenvalue weighted by Crippen LogP contribution is 2.27. The van der Waals surface area contributed by atoms with Crippen molar-refractivity contribution in [3.63, 3.8) is 0 Å². The minimum absolute atomic E-state index is 0.0541. The van der Waals surface area contributed by atoms with Crippen molar-refractivity contribution in [2.45, 2.75) is 84.1 Å². The number of aryl methyl sites for hydroxylation is 1. The van der Waals surface area contributed by atoms with Crippen LogP contribution in [0.3, 0.4) is 0 Å². The first-order valence-corrected chi connectivity index (χ1v) is 11.5. The number of hydrogen-bond acceptors (Lipinski definition) is 4. The molecule has 3 aromatic rings. The number of pyridine rings is 1. The number of ether oxygens (including phenoxy) is 2. The first-order valence-electron chi connectivity index (χ1n) is 11.5. The van der Waals surface area contributed by atoms with E-state index in [1.165, 1.54) is 12.8 Å². The minimum Gasteiger partial charge on any atom is -0.353 e. The molecule has 7 nitrogen and oxygen atoms in total. The summed E-state index contributed by atoms with van der Waals surface area (Å²) in [4.78, 5) is 21.2. The van der Waals surface area contributed by atoms with Crippen LogP contribution >= 0.6 is 0 Å². The maximum absolute atomic E-state index is 13.4. The van der Waals surface area contributed by atoms with E-state index in [9.17, 15) is 4.79 Å². The lowest BCUT2D eigenvalue weighted by Crippen LogP contribution is -2.27. The Labute approximate surface area is 177 Å². The molecule has 1 unspecified atom stereocenters. The second kappa shape index (κ2) is 9.79. The van der Waals surface area contributed by atoms with Crippen molar-refractivity contribution < 1.29 is 9.47 Å². The molecular formula is C23H34N4O3. The standard InChI is InChI=1S/C23H34N4O3/c1-3-4-5-9-17(2)27-21-18-11-12-24-22(18)25-16-19(21)26(23(27)28)13-8-15-30-20-10-6-7-14-29-20/h11-12,16-17,20H,3-10,13-15H2,1-2H3,(H,24,25)/t17-,20?/m0/s1. The summed E-state index contributed by atoms with van der Waals surface area (Å²) in [5.74, 6) is 0. The second-order valence-electron chi connectivity index (χ2n) is 8.40. The van der Waals surface area contributed by atoms with Gasteiger partial charge in [-0.1, -0.05) is 26.2 Å². The maximum Gasteiger partial charge on any atom is 0.329 e. The normalized spacial score (nSPS) is 18.4. The first kappa shape index (κ1) is 21.1. The van der Waals surface area contributed by atoms with Gasteiger partial charge in [0.2, 0.25) is 0 Å². The zero-order valence-electron chi connectivity index (χ0n) is 18.2. The molecule has 1 aliphatic rings. The predicted octanol–water partition coefficient (Wildman–Crippen LogP) is 4.75. The van der Waals surface area contributed by atoms with E-state index in [-0.39, 0.29) is 18.0 Å². The third kappa shape index (κ3) is 4.32. The Morgan fingerprint density at radius 3 is 3.03 bits per heavy atom. The van der Waals surface area contributed by atoms with E-state index in [1.54, 1.807) is 0 Å². The average molecular weight is 415 g/mol. The topological polar surface area (TPSA) is 74.1 Å².